The molecule has 2 heterocycles. The van der Waals surface area contributed by atoms with Gasteiger partial charge in [0.05, 0.1) is 0 Å². The van der Waals surface area contributed by atoms with E-state index >= 15 is 0 Å². The van der Waals surface area contributed by atoms with E-state index < -0.39 is 0 Å². The fraction of sp³-hybridized carbons (Fsp3) is 0.667. The van der Waals surface area contributed by atoms with E-state index in [9.17, 15) is 4.79 Å². The number of aromatic nitrogens is 2. The number of urea groups is 1. The summed E-state index contributed by atoms with van der Waals surface area (Å²) in [5, 5.41) is 2.88. The first kappa shape index (κ1) is 15.5. The number of hydrogen-bond donors (Lipinski definition) is 1. The molecule has 2 amide bonds. The molecular weight excluding hydrogens is 266 g/mol. The van der Waals surface area contributed by atoms with Crippen LogP contribution < -0.4 is 10.2 Å². The van der Waals surface area contributed by atoms with Crippen molar-refractivity contribution in [3.8, 4) is 0 Å². The van der Waals surface area contributed by atoms with Crippen molar-refractivity contribution in [3.05, 3.63) is 12.4 Å². The SMILES string of the molecule is CC1CCN(C(=O)Nc2cc(N(C)C)ncn2)CC(C)C1. The largest absolute Gasteiger partial charge is 0.363 e. The first-order valence-corrected chi connectivity index (χ1v) is 7.51. The van der Waals surface area contributed by atoms with Gasteiger partial charge in [-0.1, -0.05) is 13.8 Å². The molecule has 0 radical (unpaired) electrons. The Morgan fingerprint density at radius 2 is 2.10 bits per heavy atom. The third-order valence-electron chi connectivity index (χ3n) is 3.86. The van der Waals surface area contributed by atoms with Crippen LogP contribution >= 0.6 is 0 Å². The van der Waals surface area contributed by atoms with Gasteiger partial charge in [-0.15, -0.1) is 0 Å². The lowest BCUT2D eigenvalue weighted by atomic mass is 9.97. The summed E-state index contributed by atoms with van der Waals surface area (Å²) >= 11 is 0. The molecule has 1 fully saturated rings. The molecular formula is C15H25N5O. The zero-order valence-electron chi connectivity index (χ0n) is 13.3. The van der Waals surface area contributed by atoms with E-state index in [0.717, 1.165) is 25.3 Å². The molecule has 0 aliphatic carbocycles. The molecule has 0 spiro atoms. The van der Waals surface area contributed by atoms with Gasteiger partial charge in [0.1, 0.15) is 18.0 Å². The Bertz CT molecular complexity index is 491. The number of carbonyl (C=O) groups is 1. The molecule has 1 N–H and O–H groups in total. The van der Waals surface area contributed by atoms with Crippen LogP contribution in [0.5, 0.6) is 0 Å². The second kappa shape index (κ2) is 6.74. The second-order valence-electron chi connectivity index (χ2n) is 6.27. The van der Waals surface area contributed by atoms with Gasteiger partial charge in [0.15, 0.2) is 0 Å². The molecule has 1 aliphatic heterocycles. The average Bonchev–Trinajstić information content (AvgIpc) is 2.59. The van der Waals surface area contributed by atoms with Crippen molar-refractivity contribution in [2.24, 2.45) is 11.8 Å². The molecule has 0 aromatic carbocycles. The van der Waals surface area contributed by atoms with Crippen molar-refractivity contribution in [1.29, 1.82) is 0 Å². The minimum atomic E-state index is -0.0700. The molecule has 2 rings (SSSR count). The van der Waals surface area contributed by atoms with E-state index in [1.807, 2.05) is 23.9 Å². The summed E-state index contributed by atoms with van der Waals surface area (Å²) in [6, 6.07) is 1.71. The van der Waals surface area contributed by atoms with Crippen LogP contribution in [0, 0.1) is 11.8 Å². The van der Waals surface area contributed by atoms with Crippen LogP contribution in [0.1, 0.15) is 26.7 Å². The number of likely N-dealkylation sites (tertiary alicyclic amines) is 1. The third-order valence-corrected chi connectivity index (χ3v) is 3.86. The highest BCUT2D eigenvalue weighted by molar-refractivity contribution is 5.88. The Morgan fingerprint density at radius 3 is 2.81 bits per heavy atom. The predicted octanol–water partition coefficient (Wildman–Crippen LogP) is 2.44. The Hall–Kier alpha value is -1.85. The average molecular weight is 291 g/mol. The molecule has 21 heavy (non-hydrogen) atoms. The lowest BCUT2D eigenvalue weighted by Gasteiger charge is -2.23. The lowest BCUT2D eigenvalue weighted by molar-refractivity contribution is 0.207. The van der Waals surface area contributed by atoms with E-state index in [1.165, 1.54) is 12.7 Å². The van der Waals surface area contributed by atoms with Crippen molar-refractivity contribution in [2.45, 2.75) is 26.7 Å². The van der Waals surface area contributed by atoms with Crippen LogP contribution in [0.2, 0.25) is 0 Å². The smallest absolute Gasteiger partial charge is 0.323 e. The molecule has 1 aromatic heterocycles. The van der Waals surface area contributed by atoms with Gasteiger partial charge in [0.25, 0.3) is 0 Å². The van der Waals surface area contributed by atoms with Gasteiger partial charge < -0.3 is 9.80 Å². The van der Waals surface area contributed by atoms with Gasteiger partial charge in [-0.25, -0.2) is 14.8 Å². The normalized spacial score (nSPS) is 22.6. The highest BCUT2D eigenvalue weighted by Gasteiger charge is 2.23. The van der Waals surface area contributed by atoms with E-state index in [-0.39, 0.29) is 6.03 Å². The van der Waals surface area contributed by atoms with Gasteiger partial charge in [-0.05, 0) is 24.7 Å². The fourth-order valence-electron chi connectivity index (χ4n) is 2.76. The maximum Gasteiger partial charge on any atom is 0.323 e. The van der Waals surface area contributed by atoms with Gasteiger partial charge in [-0.2, -0.15) is 0 Å². The van der Waals surface area contributed by atoms with Crippen molar-refractivity contribution < 1.29 is 4.79 Å². The highest BCUT2D eigenvalue weighted by atomic mass is 16.2. The molecule has 1 aromatic rings. The summed E-state index contributed by atoms with van der Waals surface area (Å²) in [6.45, 7) is 6.08. The number of hydrogen-bond acceptors (Lipinski definition) is 4. The summed E-state index contributed by atoms with van der Waals surface area (Å²) in [4.78, 5) is 24.4. The molecule has 0 saturated carbocycles. The monoisotopic (exact) mass is 291 g/mol. The standard InChI is InChI=1S/C15H25N5O/c1-11-5-6-20(9-12(2)7-11)15(21)18-13-8-14(19(3)4)17-10-16-13/h8,10-12H,5-7,9H2,1-4H3,(H,16,17,18,21). The van der Waals surface area contributed by atoms with Gasteiger partial charge in [0, 0.05) is 33.3 Å². The van der Waals surface area contributed by atoms with Crippen LogP contribution in [-0.4, -0.2) is 48.1 Å². The summed E-state index contributed by atoms with van der Waals surface area (Å²) < 4.78 is 0. The molecule has 2 atom stereocenters. The summed E-state index contributed by atoms with van der Waals surface area (Å²) in [7, 11) is 3.82. The quantitative estimate of drug-likeness (QED) is 0.909. The Morgan fingerprint density at radius 1 is 1.33 bits per heavy atom. The number of amides is 2. The first-order valence-electron chi connectivity index (χ1n) is 7.51. The number of rotatable bonds is 2. The van der Waals surface area contributed by atoms with Crippen molar-refractivity contribution in [3.63, 3.8) is 0 Å². The first-order chi connectivity index (χ1) is 9.95. The summed E-state index contributed by atoms with van der Waals surface area (Å²) in [5.41, 5.74) is 0. The second-order valence-corrected chi connectivity index (χ2v) is 6.27. The molecule has 1 aliphatic rings. The molecule has 116 valence electrons. The predicted molar refractivity (Wildman–Crippen MR) is 84.5 cm³/mol. The zero-order valence-corrected chi connectivity index (χ0v) is 13.3. The van der Waals surface area contributed by atoms with E-state index in [4.69, 9.17) is 0 Å². The number of nitrogens with one attached hydrogen (secondary N) is 1. The van der Waals surface area contributed by atoms with E-state index in [2.05, 4.69) is 29.1 Å². The maximum absolute atomic E-state index is 12.4. The van der Waals surface area contributed by atoms with Gasteiger partial charge in [0.2, 0.25) is 0 Å². The molecule has 6 nitrogen and oxygen atoms in total. The zero-order chi connectivity index (χ0) is 15.4. The maximum atomic E-state index is 12.4. The lowest BCUT2D eigenvalue weighted by Crippen LogP contribution is -2.37. The van der Waals surface area contributed by atoms with E-state index in [0.29, 0.717) is 17.7 Å². The molecule has 2 unspecified atom stereocenters. The minimum Gasteiger partial charge on any atom is -0.363 e. The molecule has 0 bridgehead atoms. The van der Waals surface area contributed by atoms with Crippen molar-refractivity contribution in [1.82, 2.24) is 14.9 Å². The van der Waals surface area contributed by atoms with Crippen LogP contribution in [0.3, 0.4) is 0 Å². The van der Waals surface area contributed by atoms with Crippen LogP contribution in [0.4, 0.5) is 16.4 Å². The Labute approximate surface area is 126 Å². The highest BCUT2D eigenvalue weighted by Crippen LogP contribution is 2.22. The molecule has 1 saturated heterocycles. The third kappa shape index (κ3) is 4.31. The number of carbonyl (C=O) groups excluding carboxylic acids is 1. The summed E-state index contributed by atoms with van der Waals surface area (Å²) in [6.07, 6.45) is 3.71. The fourth-order valence-corrected chi connectivity index (χ4v) is 2.76. The van der Waals surface area contributed by atoms with E-state index in [1.54, 1.807) is 6.07 Å². The van der Waals surface area contributed by atoms with Gasteiger partial charge in [-0.3, -0.25) is 5.32 Å². The Balaban J connectivity index is 2.02. The van der Waals surface area contributed by atoms with Crippen molar-refractivity contribution >= 4 is 17.7 Å². The molecule has 6 heteroatoms. The van der Waals surface area contributed by atoms with Crippen molar-refractivity contribution in [2.75, 3.05) is 37.4 Å². The van der Waals surface area contributed by atoms with Gasteiger partial charge >= 0.3 is 6.03 Å². The number of nitrogens with zero attached hydrogens (tertiary/aromatic N) is 4. The van der Waals surface area contributed by atoms with Crippen LogP contribution in [0.25, 0.3) is 0 Å². The Kier molecular flexibility index (Phi) is 4.98. The topological polar surface area (TPSA) is 61.4 Å². The minimum absolute atomic E-state index is 0.0700. The van der Waals surface area contributed by atoms with Crippen LogP contribution in [-0.2, 0) is 0 Å². The number of anilines is 2. The summed E-state index contributed by atoms with van der Waals surface area (Å²) in [5.74, 6) is 2.54. The van der Waals surface area contributed by atoms with Crippen LogP contribution in [0.15, 0.2) is 12.4 Å².